The third kappa shape index (κ3) is 3.97. The van der Waals surface area contributed by atoms with Crippen molar-refractivity contribution in [3.8, 4) is 11.1 Å². The number of fused-ring (bicyclic) bond motifs is 1. The quantitative estimate of drug-likeness (QED) is 0.291. The Morgan fingerprint density at radius 1 is 1.21 bits per heavy atom. The second kappa shape index (κ2) is 8.86. The van der Waals surface area contributed by atoms with Gasteiger partial charge in [-0.05, 0) is 42.3 Å². The van der Waals surface area contributed by atoms with Crippen LogP contribution < -0.4 is 5.56 Å². The molecule has 3 aromatic rings. The van der Waals surface area contributed by atoms with Gasteiger partial charge in [-0.2, -0.15) is 17.6 Å². The molecule has 34 heavy (non-hydrogen) atoms. The van der Waals surface area contributed by atoms with Crippen LogP contribution in [0.1, 0.15) is 28.3 Å². The molecule has 1 aromatic carbocycles. The van der Waals surface area contributed by atoms with Crippen LogP contribution in [0.4, 0.5) is 22.0 Å². The number of methoxy groups -OCH3 is 1. The van der Waals surface area contributed by atoms with Crippen LogP contribution in [0.2, 0.25) is 0 Å². The molecule has 178 valence electrons. The maximum Gasteiger partial charge on any atom is 0.416 e. The van der Waals surface area contributed by atoms with E-state index in [2.05, 4.69) is 4.98 Å². The fraction of sp³-hybridized carbons (Fsp3) is 0.261. The predicted octanol–water partition coefficient (Wildman–Crippen LogP) is 4.93. The Morgan fingerprint density at radius 2 is 1.94 bits per heavy atom. The Kier molecular flexibility index (Phi) is 6.24. The summed E-state index contributed by atoms with van der Waals surface area (Å²) < 4.78 is 76.0. The summed E-state index contributed by atoms with van der Waals surface area (Å²) >= 11 is 1.07. The minimum atomic E-state index is -4.82. The lowest BCUT2D eigenvalue weighted by Gasteiger charge is -2.21. The molecule has 1 unspecified atom stereocenters. The molecular weight excluding hydrogens is 479 g/mol. The average molecular weight is 496 g/mol. The molecule has 0 fully saturated rings. The number of thioether (sulfide) groups is 1. The monoisotopic (exact) mass is 496 g/mol. The average Bonchev–Trinajstić information content (AvgIpc) is 3.23. The van der Waals surface area contributed by atoms with Gasteiger partial charge in [0.15, 0.2) is 0 Å². The summed E-state index contributed by atoms with van der Waals surface area (Å²) in [4.78, 5) is 29.4. The van der Waals surface area contributed by atoms with Gasteiger partial charge in [-0.1, -0.05) is 6.07 Å². The number of carbonyl (C=O) groups is 1. The molecule has 5 nitrogen and oxygen atoms in total. The molecule has 0 N–H and O–H groups in total. The van der Waals surface area contributed by atoms with E-state index in [4.69, 9.17) is 4.74 Å². The normalized spacial score (nSPS) is 15.3. The molecule has 0 saturated carbocycles. The van der Waals surface area contributed by atoms with Gasteiger partial charge in [-0.3, -0.25) is 9.36 Å². The van der Waals surface area contributed by atoms with Gasteiger partial charge in [0.1, 0.15) is 11.9 Å². The highest BCUT2D eigenvalue weighted by molar-refractivity contribution is 7.99. The van der Waals surface area contributed by atoms with Crippen molar-refractivity contribution < 1.29 is 31.5 Å². The number of ether oxygens (including phenoxy) is 1. The molecule has 1 aliphatic heterocycles. The molecule has 0 aliphatic carbocycles. The third-order valence-electron chi connectivity index (χ3n) is 5.71. The van der Waals surface area contributed by atoms with E-state index in [9.17, 15) is 31.5 Å². The highest BCUT2D eigenvalue weighted by Crippen LogP contribution is 2.41. The summed E-state index contributed by atoms with van der Waals surface area (Å²) in [5.74, 6) is -2.68. The summed E-state index contributed by atoms with van der Waals surface area (Å²) in [5, 5.41) is 0.210. The van der Waals surface area contributed by atoms with Crippen molar-refractivity contribution in [2.45, 2.75) is 30.6 Å². The maximum atomic E-state index is 14.7. The van der Waals surface area contributed by atoms with Gasteiger partial charge in [0.05, 0.1) is 23.3 Å². The lowest BCUT2D eigenvalue weighted by molar-refractivity contribution is -0.144. The summed E-state index contributed by atoms with van der Waals surface area (Å²) in [6.07, 6.45) is -4.17. The molecule has 2 aromatic heterocycles. The summed E-state index contributed by atoms with van der Waals surface area (Å²) in [6, 6.07) is 4.30. The van der Waals surface area contributed by atoms with Crippen LogP contribution in [-0.4, -0.2) is 28.4 Å². The van der Waals surface area contributed by atoms with Crippen molar-refractivity contribution in [3.05, 3.63) is 80.9 Å². The van der Waals surface area contributed by atoms with Gasteiger partial charge in [-0.15, -0.1) is 11.8 Å². The first-order valence-corrected chi connectivity index (χ1v) is 11.0. The fourth-order valence-corrected chi connectivity index (χ4v) is 5.44. The van der Waals surface area contributed by atoms with Crippen LogP contribution in [0.3, 0.4) is 0 Å². The van der Waals surface area contributed by atoms with Crippen LogP contribution in [0.5, 0.6) is 0 Å². The van der Waals surface area contributed by atoms with Gasteiger partial charge < -0.3 is 4.74 Å². The second-order valence-corrected chi connectivity index (χ2v) is 8.60. The van der Waals surface area contributed by atoms with Crippen molar-refractivity contribution in [2.75, 3.05) is 12.9 Å². The van der Waals surface area contributed by atoms with E-state index in [1.165, 1.54) is 25.3 Å². The maximum absolute atomic E-state index is 14.7. The van der Waals surface area contributed by atoms with Crippen molar-refractivity contribution in [1.29, 1.82) is 0 Å². The number of halogens is 5. The lowest BCUT2D eigenvalue weighted by Crippen LogP contribution is -2.32. The van der Waals surface area contributed by atoms with Crippen molar-refractivity contribution in [3.63, 3.8) is 0 Å². The summed E-state index contributed by atoms with van der Waals surface area (Å²) in [6.45, 7) is 1.46. The number of alkyl halides is 3. The number of benzene rings is 1. The SMILES string of the molecule is COC(=O)C1CSc2c(Cc3c(F)cccc3C(F)(F)F)c(C)c(-c3cccnc3F)c(=O)n21. The van der Waals surface area contributed by atoms with Crippen molar-refractivity contribution in [1.82, 2.24) is 9.55 Å². The highest BCUT2D eigenvalue weighted by atomic mass is 32.2. The van der Waals surface area contributed by atoms with Crippen LogP contribution in [0.25, 0.3) is 11.1 Å². The molecule has 0 spiro atoms. The molecule has 4 rings (SSSR count). The number of esters is 1. The van der Waals surface area contributed by atoms with Crippen LogP contribution >= 0.6 is 11.8 Å². The van der Waals surface area contributed by atoms with E-state index < -0.39 is 53.1 Å². The first kappa shape index (κ1) is 23.9. The van der Waals surface area contributed by atoms with Crippen molar-refractivity contribution >= 4 is 17.7 Å². The Balaban J connectivity index is 2.04. The first-order chi connectivity index (χ1) is 16.1. The van der Waals surface area contributed by atoms with E-state index in [1.807, 2.05) is 0 Å². The fourth-order valence-electron chi connectivity index (χ4n) is 4.09. The third-order valence-corrected chi connectivity index (χ3v) is 6.91. The van der Waals surface area contributed by atoms with Gasteiger partial charge >= 0.3 is 12.1 Å². The topological polar surface area (TPSA) is 61.2 Å². The van der Waals surface area contributed by atoms with Gasteiger partial charge in [0, 0.05) is 29.5 Å². The number of nitrogens with zero attached hydrogens (tertiary/aromatic N) is 2. The van der Waals surface area contributed by atoms with Gasteiger partial charge in [-0.25, -0.2) is 14.2 Å². The van der Waals surface area contributed by atoms with E-state index >= 15 is 0 Å². The largest absolute Gasteiger partial charge is 0.467 e. The number of carbonyl (C=O) groups excluding carboxylic acids is 1. The summed E-state index contributed by atoms with van der Waals surface area (Å²) in [5.41, 5.74) is -2.45. The molecule has 0 radical (unpaired) electrons. The van der Waals surface area contributed by atoms with Crippen LogP contribution in [0, 0.1) is 18.7 Å². The Labute approximate surface area is 194 Å². The van der Waals surface area contributed by atoms with Crippen molar-refractivity contribution in [2.24, 2.45) is 0 Å². The Hall–Kier alpha value is -3.21. The zero-order valence-electron chi connectivity index (χ0n) is 17.9. The molecule has 1 atom stereocenters. The van der Waals surface area contributed by atoms with Crippen LogP contribution in [-0.2, 0) is 22.1 Å². The second-order valence-electron chi connectivity index (χ2n) is 7.59. The molecule has 0 amide bonds. The number of pyridine rings is 2. The standard InChI is InChI=1S/C23H17F5N2O3S/c1-11-13(9-14-15(23(26,27)28)6-3-7-16(14)24)21-30(17(10-34-21)22(32)33-2)20(31)18(11)12-5-4-8-29-19(12)25/h3-8,17H,9-10H2,1-2H3. The highest BCUT2D eigenvalue weighted by Gasteiger charge is 2.38. The molecular formula is C23H17F5N2O3S. The zero-order chi connectivity index (χ0) is 24.8. The van der Waals surface area contributed by atoms with E-state index in [-0.39, 0.29) is 33.0 Å². The first-order valence-electron chi connectivity index (χ1n) is 10.00. The van der Waals surface area contributed by atoms with Gasteiger partial charge in [0.25, 0.3) is 5.56 Å². The number of rotatable bonds is 4. The molecule has 0 bridgehead atoms. The Bertz CT molecular complexity index is 1350. The van der Waals surface area contributed by atoms with Gasteiger partial charge in [0.2, 0.25) is 5.95 Å². The summed E-state index contributed by atoms with van der Waals surface area (Å²) in [7, 11) is 1.14. The lowest BCUT2D eigenvalue weighted by atomic mass is 9.93. The van der Waals surface area contributed by atoms with Crippen LogP contribution in [0.15, 0.2) is 46.3 Å². The molecule has 0 saturated heterocycles. The molecule has 1 aliphatic rings. The zero-order valence-corrected chi connectivity index (χ0v) is 18.7. The predicted molar refractivity (Wildman–Crippen MR) is 115 cm³/mol. The number of hydrogen-bond donors (Lipinski definition) is 0. The minimum Gasteiger partial charge on any atom is -0.467 e. The minimum absolute atomic E-state index is 0.0801. The number of hydrogen-bond acceptors (Lipinski definition) is 5. The van der Waals surface area contributed by atoms with E-state index in [1.54, 1.807) is 0 Å². The number of aromatic nitrogens is 2. The Morgan fingerprint density at radius 3 is 2.59 bits per heavy atom. The van der Waals surface area contributed by atoms with E-state index in [0.29, 0.717) is 0 Å². The molecule has 11 heteroatoms. The molecule has 3 heterocycles. The smallest absolute Gasteiger partial charge is 0.416 e. The van der Waals surface area contributed by atoms with E-state index in [0.717, 1.165) is 41.6 Å².